The van der Waals surface area contributed by atoms with Crippen molar-refractivity contribution in [2.24, 2.45) is 10.8 Å². The maximum atomic E-state index is 5.93. The number of thiocarbonyl (C=S) groups is 1. The molecule has 0 saturated heterocycles. The number of hydrogen-bond acceptors (Lipinski definition) is 4. The van der Waals surface area contributed by atoms with Gasteiger partial charge in [0.05, 0.1) is 12.8 Å². The van der Waals surface area contributed by atoms with Gasteiger partial charge in [-0.05, 0) is 61.0 Å². The van der Waals surface area contributed by atoms with Gasteiger partial charge in [0.25, 0.3) is 0 Å². The molecule has 0 fully saturated rings. The third-order valence-corrected chi connectivity index (χ3v) is 3.39. The van der Waals surface area contributed by atoms with E-state index in [2.05, 4.69) is 29.6 Å². The predicted octanol–water partition coefficient (Wildman–Crippen LogP) is 3.14. The molecular formula is C18H21N3O2S. The highest BCUT2D eigenvalue weighted by molar-refractivity contribution is 7.80. The van der Waals surface area contributed by atoms with Crippen LogP contribution in [0.1, 0.15) is 23.6 Å². The van der Waals surface area contributed by atoms with Gasteiger partial charge < -0.3 is 15.2 Å². The van der Waals surface area contributed by atoms with Crippen molar-refractivity contribution in [2.45, 2.75) is 20.5 Å². The highest BCUT2D eigenvalue weighted by atomic mass is 32.1. The van der Waals surface area contributed by atoms with E-state index in [1.165, 1.54) is 5.56 Å². The SMILES string of the molecule is CCOc1cc(/C=N\NC(N)=S)ccc1OCc1ccccc1C. The number of aryl methyl sites for hydroxylation is 1. The summed E-state index contributed by atoms with van der Waals surface area (Å²) in [4.78, 5) is 0. The van der Waals surface area contributed by atoms with Crippen LogP contribution < -0.4 is 20.6 Å². The molecule has 0 aliphatic heterocycles. The van der Waals surface area contributed by atoms with E-state index >= 15 is 0 Å². The Hall–Kier alpha value is -2.60. The van der Waals surface area contributed by atoms with E-state index in [-0.39, 0.29) is 5.11 Å². The molecule has 3 N–H and O–H groups in total. The highest BCUT2D eigenvalue weighted by Crippen LogP contribution is 2.29. The number of nitrogens with zero attached hydrogens (tertiary/aromatic N) is 1. The van der Waals surface area contributed by atoms with Crippen LogP contribution in [0, 0.1) is 6.92 Å². The maximum Gasteiger partial charge on any atom is 0.184 e. The smallest absolute Gasteiger partial charge is 0.184 e. The molecule has 0 aliphatic rings. The molecule has 2 aromatic carbocycles. The monoisotopic (exact) mass is 343 g/mol. The van der Waals surface area contributed by atoms with Crippen LogP contribution in [0.3, 0.4) is 0 Å². The molecule has 0 aliphatic carbocycles. The second-order valence-corrected chi connectivity index (χ2v) is 5.53. The number of ether oxygens (including phenoxy) is 2. The van der Waals surface area contributed by atoms with Crippen LogP contribution in [-0.2, 0) is 6.61 Å². The summed E-state index contributed by atoms with van der Waals surface area (Å²) in [5.74, 6) is 1.37. The summed E-state index contributed by atoms with van der Waals surface area (Å²) in [6.07, 6.45) is 1.62. The summed E-state index contributed by atoms with van der Waals surface area (Å²) < 4.78 is 11.6. The van der Waals surface area contributed by atoms with Gasteiger partial charge in [0.1, 0.15) is 6.61 Å². The van der Waals surface area contributed by atoms with Crippen LogP contribution >= 0.6 is 12.2 Å². The summed E-state index contributed by atoms with van der Waals surface area (Å²) >= 11 is 4.70. The first-order valence-electron chi connectivity index (χ1n) is 7.62. The molecular weight excluding hydrogens is 322 g/mol. The standard InChI is InChI=1S/C18H21N3O2S/c1-3-22-17-10-14(11-20-21-18(19)24)8-9-16(17)23-12-15-7-5-4-6-13(15)2/h4-11H,3,12H2,1-2H3,(H3,19,21,24)/b20-11-. The Morgan fingerprint density at radius 2 is 2.00 bits per heavy atom. The van der Waals surface area contributed by atoms with Gasteiger partial charge in [0, 0.05) is 0 Å². The Labute approximate surface area is 147 Å². The molecule has 2 aromatic rings. The average molecular weight is 343 g/mol. The Bertz CT molecular complexity index is 732. The quantitative estimate of drug-likeness (QED) is 0.459. The first kappa shape index (κ1) is 17.7. The van der Waals surface area contributed by atoms with E-state index in [4.69, 9.17) is 27.4 Å². The van der Waals surface area contributed by atoms with Gasteiger partial charge in [0.2, 0.25) is 0 Å². The molecule has 0 saturated carbocycles. The van der Waals surface area contributed by atoms with Gasteiger partial charge in [-0.25, -0.2) is 0 Å². The molecule has 126 valence electrons. The fraction of sp³-hybridized carbons (Fsp3) is 0.222. The number of rotatable bonds is 7. The zero-order chi connectivity index (χ0) is 17.4. The molecule has 0 aromatic heterocycles. The van der Waals surface area contributed by atoms with Crippen molar-refractivity contribution in [3.63, 3.8) is 0 Å². The van der Waals surface area contributed by atoms with Crippen molar-refractivity contribution in [1.82, 2.24) is 5.43 Å². The van der Waals surface area contributed by atoms with Gasteiger partial charge in [-0.2, -0.15) is 5.10 Å². The molecule has 0 atom stereocenters. The zero-order valence-corrected chi connectivity index (χ0v) is 14.6. The molecule has 0 spiro atoms. The molecule has 0 radical (unpaired) electrons. The maximum absolute atomic E-state index is 5.93. The van der Waals surface area contributed by atoms with Gasteiger partial charge >= 0.3 is 0 Å². The first-order chi connectivity index (χ1) is 11.6. The second kappa shape index (κ2) is 8.88. The number of nitrogens with one attached hydrogen (secondary N) is 1. The molecule has 5 nitrogen and oxygen atoms in total. The van der Waals surface area contributed by atoms with E-state index in [1.54, 1.807) is 6.21 Å². The van der Waals surface area contributed by atoms with Crippen molar-refractivity contribution < 1.29 is 9.47 Å². The van der Waals surface area contributed by atoms with Crippen LogP contribution in [0.5, 0.6) is 11.5 Å². The normalized spacial score (nSPS) is 10.6. The Kier molecular flexibility index (Phi) is 6.57. The lowest BCUT2D eigenvalue weighted by Gasteiger charge is -2.13. The molecule has 24 heavy (non-hydrogen) atoms. The second-order valence-electron chi connectivity index (χ2n) is 5.09. The highest BCUT2D eigenvalue weighted by Gasteiger charge is 2.07. The van der Waals surface area contributed by atoms with E-state index in [9.17, 15) is 0 Å². The average Bonchev–Trinajstić information content (AvgIpc) is 2.55. The van der Waals surface area contributed by atoms with E-state index in [0.717, 1.165) is 11.1 Å². The topological polar surface area (TPSA) is 68.9 Å². The third-order valence-electron chi connectivity index (χ3n) is 3.30. The summed E-state index contributed by atoms with van der Waals surface area (Å²) in [7, 11) is 0. The van der Waals surface area contributed by atoms with Crippen LogP contribution in [0.4, 0.5) is 0 Å². The third kappa shape index (κ3) is 5.24. The fourth-order valence-electron chi connectivity index (χ4n) is 2.09. The lowest BCUT2D eigenvalue weighted by Crippen LogP contribution is -2.23. The van der Waals surface area contributed by atoms with E-state index in [1.807, 2.05) is 37.3 Å². The Morgan fingerprint density at radius 1 is 1.21 bits per heavy atom. The summed E-state index contributed by atoms with van der Waals surface area (Å²) in [5, 5.41) is 4.06. The molecule has 2 rings (SSSR count). The van der Waals surface area contributed by atoms with E-state index in [0.29, 0.717) is 24.7 Å². The summed E-state index contributed by atoms with van der Waals surface area (Å²) in [5.41, 5.74) is 11.0. The van der Waals surface area contributed by atoms with E-state index < -0.39 is 0 Å². The summed E-state index contributed by atoms with van der Waals surface area (Å²) in [6.45, 7) is 5.03. The van der Waals surface area contributed by atoms with Crippen LogP contribution in [0.15, 0.2) is 47.6 Å². The van der Waals surface area contributed by atoms with Crippen molar-refractivity contribution >= 4 is 23.5 Å². The number of benzene rings is 2. The summed E-state index contributed by atoms with van der Waals surface area (Å²) in [6, 6.07) is 13.8. The number of hydrogen-bond donors (Lipinski definition) is 2. The Balaban J connectivity index is 2.12. The van der Waals surface area contributed by atoms with Crippen molar-refractivity contribution in [1.29, 1.82) is 0 Å². The minimum absolute atomic E-state index is 0.120. The molecule has 0 amide bonds. The lowest BCUT2D eigenvalue weighted by molar-refractivity contribution is 0.269. The molecule has 6 heteroatoms. The van der Waals surface area contributed by atoms with Crippen LogP contribution in [0.25, 0.3) is 0 Å². The van der Waals surface area contributed by atoms with Crippen LogP contribution in [-0.4, -0.2) is 17.9 Å². The largest absolute Gasteiger partial charge is 0.490 e. The predicted molar refractivity (Wildman–Crippen MR) is 101 cm³/mol. The van der Waals surface area contributed by atoms with Crippen molar-refractivity contribution in [2.75, 3.05) is 6.61 Å². The Morgan fingerprint density at radius 3 is 2.71 bits per heavy atom. The number of nitrogens with two attached hydrogens (primary N) is 1. The van der Waals surface area contributed by atoms with Gasteiger partial charge in [-0.3, -0.25) is 5.43 Å². The van der Waals surface area contributed by atoms with Gasteiger partial charge in [-0.15, -0.1) is 0 Å². The molecule has 0 bridgehead atoms. The first-order valence-corrected chi connectivity index (χ1v) is 8.03. The molecule has 0 heterocycles. The molecule has 0 unspecified atom stereocenters. The van der Waals surface area contributed by atoms with Crippen molar-refractivity contribution in [3.05, 3.63) is 59.2 Å². The zero-order valence-electron chi connectivity index (χ0n) is 13.8. The minimum Gasteiger partial charge on any atom is -0.490 e. The van der Waals surface area contributed by atoms with Crippen molar-refractivity contribution in [3.8, 4) is 11.5 Å². The van der Waals surface area contributed by atoms with Gasteiger partial charge in [-0.1, -0.05) is 24.3 Å². The lowest BCUT2D eigenvalue weighted by atomic mass is 10.1. The minimum atomic E-state index is 0.120. The number of hydrazone groups is 1. The fourth-order valence-corrected chi connectivity index (χ4v) is 2.14. The van der Waals surface area contributed by atoms with Gasteiger partial charge in [0.15, 0.2) is 16.6 Å². The van der Waals surface area contributed by atoms with Crippen LogP contribution in [0.2, 0.25) is 0 Å².